The SMILES string of the molecule is CC/C=C\C/C=C\C/C=C\C/C=C\C/C=C\C/C=C\C/C=C\C/C=C\CCCCCCCCCCCCC(=O)OC(COC(=O)CCCCCCCCCCC/C=C\CCCCCCCCCC)COP(=O)([O-])OCC[N+](C)(C)C. The first-order valence-corrected chi connectivity index (χ1v) is 34.1. The Morgan fingerprint density at radius 1 is 0.400 bits per heavy atom. The smallest absolute Gasteiger partial charge is 0.306 e. The first kappa shape index (κ1) is 76.7. The molecule has 2 atom stereocenters. The highest BCUT2D eigenvalue weighted by atomic mass is 31.2. The van der Waals surface area contributed by atoms with Crippen molar-refractivity contribution >= 4 is 19.8 Å². The molecule has 0 N–H and O–H groups in total. The molecule has 460 valence electrons. The summed E-state index contributed by atoms with van der Waals surface area (Å²) in [6.07, 6.45) is 84.3. The molecular formula is C70H122NO8P. The van der Waals surface area contributed by atoms with Crippen LogP contribution in [0.25, 0.3) is 0 Å². The summed E-state index contributed by atoms with van der Waals surface area (Å²) in [4.78, 5) is 38.0. The van der Waals surface area contributed by atoms with E-state index in [9.17, 15) is 19.0 Å². The van der Waals surface area contributed by atoms with Gasteiger partial charge in [-0.2, -0.15) is 0 Å². The molecule has 9 nitrogen and oxygen atoms in total. The highest BCUT2D eigenvalue weighted by Crippen LogP contribution is 2.38. The molecule has 0 aliphatic carbocycles. The monoisotopic (exact) mass is 1140 g/mol. The van der Waals surface area contributed by atoms with Gasteiger partial charge in [0.2, 0.25) is 0 Å². The van der Waals surface area contributed by atoms with Crippen LogP contribution in [0.15, 0.2) is 109 Å². The number of allylic oxidation sites excluding steroid dienone is 18. The Balaban J connectivity index is 4.13. The van der Waals surface area contributed by atoms with E-state index >= 15 is 0 Å². The fourth-order valence-electron chi connectivity index (χ4n) is 8.79. The number of esters is 2. The molecule has 0 rings (SSSR count). The molecular weight excluding hydrogens is 1010 g/mol. The number of nitrogens with zero attached hydrogens (tertiary/aromatic N) is 1. The topological polar surface area (TPSA) is 111 Å². The van der Waals surface area contributed by atoms with Crippen molar-refractivity contribution < 1.29 is 42.1 Å². The Hall–Kier alpha value is -3.33. The van der Waals surface area contributed by atoms with E-state index in [0.29, 0.717) is 17.4 Å². The average molecular weight is 1140 g/mol. The van der Waals surface area contributed by atoms with Gasteiger partial charge >= 0.3 is 11.9 Å². The van der Waals surface area contributed by atoms with Crippen molar-refractivity contribution in [3.8, 4) is 0 Å². The van der Waals surface area contributed by atoms with Crippen molar-refractivity contribution in [1.82, 2.24) is 0 Å². The zero-order valence-corrected chi connectivity index (χ0v) is 53.1. The minimum atomic E-state index is -4.65. The van der Waals surface area contributed by atoms with Crippen LogP contribution in [0.3, 0.4) is 0 Å². The van der Waals surface area contributed by atoms with Crippen LogP contribution in [0.2, 0.25) is 0 Å². The second-order valence-electron chi connectivity index (χ2n) is 22.7. The number of phosphoric acid groups is 1. The maximum absolute atomic E-state index is 12.8. The van der Waals surface area contributed by atoms with Crippen LogP contribution in [-0.2, 0) is 32.7 Å². The van der Waals surface area contributed by atoms with E-state index in [1.54, 1.807) is 0 Å². The number of rotatable bonds is 59. The number of phosphoric ester groups is 1. The standard InChI is InChI=1S/C70H122NO8P/c1-6-8-10-12-14-16-18-20-22-24-26-28-29-30-31-32-33-34-35-36-37-38-39-40-41-43-45-47-49-51-53-55-57-59-61-63-70(73)79-68(67-78-80(74,75)77-65-64-71(3,4)5)66-76-69(72)62-60-58-56-54-52-50-48-46-44-42-27-25-23-21-19-17-15-13-11-9-7-2/h8,10,14,16,20,22,25-28,30-31,33-34,36-37,39-40,68H,6-7,9,11-13,15,17-19,21,23-24,29,32,35,38,41-67H2,1-5H3/b10-8-,16-14-,22-20-,27-25-,28-26-,31-30-,34-33-,37-36-,40-39-. The third-order valence-electron chi connectivity index (χ3n) is 13.8. The van der Waals surface area contributed by atoms with E-state index < -0.39 is 26.5 Å². The summed E-state index contributed by atoms with van der Waals surface area (Å²) in [5, 5.41) is 0. The van der Waals surface area contributed by atoms with Gasteiger partial charge in [-0.15, -0.1) is 0 Å². The van der Waals surface area contributed by atoms with Gasteiger partial charge in [0, 0.05) is 12.8 Å². The largest absolute Gasteiger partial charge is 0.756 e. The molecule has 0 heterocycles. The minimum absolute atomic E-state index is 0.0361. The molecule has 0 bridgehead atoms. The van der Waals surface area contributed by atoms with Gasteiger partial charge in [-0.3, -0.25) is 14.2 Å². The van der Waals surface area contributed by atoms with Crippen LogP contribution >= 0.6 is 7.82 Å². The predicted octanol–water partition coefficient (Wildman–Crippen LogP) is 20.3. The molecule has 0 aromatic heterocycles. The summed E-state index contributed by atoms with van der Waals surface area (Å²) < 4.78 is 34.2. The van der Waals surface area contributed by atoms with Gasteiger partial charge in [-0.25, -0.2) is 0 Å². The molecule has 0 radical (unpaired) electrons. The molecule has 0 spiro atoms. The van der Waals surface area contributed by atoms with Gasteiger partial charge in [0.05, 0.1) is 27.7 Å². The minimum Gasteiger partial charge on any atom is -0.756 e. The third kappa shape index (κ3) is 63.8. The Kier molecular flexibility index (Phi) is 57.8. The summed E-state index contributed by atoms with van der Waals surface area (Å²) in [5.41, 5.74) is 0. The highest BCUT2D eigenvalue weighted by molar-refractivity contribution is 7.45. The lowest BCUT2D eigenvalue weighted by atomic mass is 10.0. The Labute approximate surface area is 493 Å². The number of carbonyl (C=O) groups is 2. The molecule has 80 heavy (non-hydrogen) atoms. The summed E-state index contributed by atoms with van der Waals surface area (Å²) in [6, 6.07) is 0. The lowest BCUT2D eigenvalue weighted by Crippen LogP contribution is -2.37. The molecule has 0 fully saturated rings. The van der Waals surface area contributed by atoms with Crippen molar-refractivity contribution in [2.75, 3.05) is 47.5 Å². The maximum Gasteiger partial charge on any atom is 0.306 e. The Bertz CT molecular complexity index is 1720. The van der Waals surface area contributed by atoms with E-state index in [-0.39, 0.29) is 32.0 Å². The van der Waals surface area contributed by atoms with Crippen molar-refractivity contribution in [1.29, 1.82) is 0 Å². The number of unbranched alkanes of at least 4 members (excludes halogenated alkanes) is 27. The molecule has 0 saturated heterocycles. The van der Waals surface area contributed by atoms with Crippen LogP contribution in [0.5, 0.6) is 0 Å². The normalized spacial score (nSPS) is 13.9. The summed E-state index contributed by atoms with van der Waals surface area (Å²) >= 11 is 0. The average Bonchev–Trinajstić information content (AvgIpc) is 3.42. The molecule has 10 heteroatoms. The van der Waals surface area contributed by atoms with Crippen LogP contribution in [0, 0.1) is 0 Å². The van der Waals surface area contributed by atoms with Crippen molar-refractivity contribution in [2.24, 2.45) is 0 Å². The van der Waals surface area contributed by atoms with Crippen molar-refractivity contribution in [3.05, 3.63) is 109 Å². The van der Waals surface area contributed by atoms with Gasteiger partial charge in [0.25, 0.3) is 7.82 Å². The molecule has 0 aliphatic heterocycles. The quantitative estimate of drug-likeness (QED) is 0.0195. The number of hydrogen-bond acceptors (Lipinski definition) is 8. The molecule has 0 amide bonds. The van der Waals surface area contributed by atoms with Crippen LogP contribution < -0.4 is 4.89 Å². The maximum atomic E-state index is 12.8. The van der Waals surface area contributed by atoms with Crippen molar-refractivity contribution in [2.45, 2.75) is 277 Å². The highest BCUT2D eigenvalue weighted by Gasteiger charge is 2.22. The summed E-state index contributed by atoms with van der Waals surface area (Å²) in [7, 11) is 1.16. The summed E-state index contributed by atoms with van der Waals surface area (Å²) in [6.45, 7) is 4.13. The van der Waals surface area contributed by atoms with Crippen molar-refractivity contribution in [3.63, 3.8) is 0 Å². The van der Waals surface area contributed by atoms with Gasteiger partial charge in [-0.1, -0.05) is 264 Å². The lowest BCUT2D eigenvalue weighted by Gasteiger charge is -2.28. The predicted molar refractivity (Wildman–Crippen MR) is 342 cm³/mol. The zero-order valence-electron chi connectivity index (χ0n) is 52.2. The first-order valence-electron chi connectivity index (χ1n) is 32.6. The van der Waals surface area contributed by atoms with E-state index in [1.165, 1.54) is 141 Å². The van der Waals surface area contributed by atoms with Gasteiger partial charge < -0.3 is 27.9 Å². The van der Waals surface area contributed by atoms with Gasteiger partial charge in [0.1, 0.15) is 19.8 Å². The first-order chi connectivity index (χ1) is 39.0. The molecule has 0 aromatic carbocycles. The fourth-order valence-corrected chi connectivity index (χ4v) is 9.51. The lowest BCUT2D eigenvalue weighted by molar-refractivity contribution is -0.870. The van der Waals surface area contributed by atoms with Crippen LogP contribution in [0.1, 0.15) is 271 Å². The van der Waals surface area contributed by atoms with E-state index in [4.69, 9.17) is 18.5 Å². The number of hydrogen-bond donors (Lipinski definition) is 0. The summed E-state index contributed by atoms with van der Waals surface area (Å²) in [5.74, 6) is -0.840. The van der Waals surface area contributed by atoms with E-state index in [2.05, 4.69) is 123 Å². The van der Waals surface area contributed by atoms with Crippen LogP contribution in [-0.4, -0.2) is 70.0 Å². The molecule has 0 saturated carbocycles. The fraction of sp³-hybridized carbons (Fsp3) is 0.714. The number of carbonyl (C=O) groups excluding carboxylic acids is 2. The molecule has 2 unspecified atom stereocenters. The number of ether oxygens (including phenoxy) is 2. The third-order valence-corrected chi connectivity index (χ3v) is 14.7. The second-order valence-corrected chi connectivity index (χ2v) is 24.2. The van der Waals surface area contributed by atoms with E-state index in [1.807, 2.05) is 21.1 Å². The van der Waals surface area contributed by atoms with Gasteiger partial charge in [-0.05, 0) is 103 Å². The molecule has 0 aromatic rings. The second kappa shape index (κ2) is 60.3. The van der Waals surface area contributed by atoms with Crippen LogP contribution in [0.4, 0.5) is 0 Å². The Morgan fingerprint density at radius 3 is 1.07 bits per heavy atom. The number of quaternary nitrogens is 1. The zero-order chi connectivity index (χ0) is 58.4. The molecule has 0 aliphatic rings. The number of likely N-dealkylation sites (N-methyl/N-ethyl adjacent to an activating group) is 1. The Morgan fingerprint density at radius 2 is 0.713 bits per heavy atom. The van der Waals surface area contributed by atoms with E-state index in [0.717, 1.165) is 96.3 Å². The van der Waals surface area contributed by atoms with Gasteiger partial charge in [0.15, 0.2) is 6.10 Å².